The van der Waals surface area contributed by atoms with Gasteiger partial charge in [0.05, 0.1) is 5.69 Å². The lowest BCUT2D eigenvalue weighted by Gasteiger charge is -2.36. The Morgan fingerprint density at radius 3 is 2.21 bits per heavy atom. The SMILES string of the molecule is CC(=O)c1ccc(N2CCN(C(=O)CC(C)c3ccc(F)cc3)CC2)c(F)c1. The van der Waals surface area contributed by atoms with Gasteiger partial charge in [0.2, 0.25) is 5.91 Å². The number of rotatable bonds is 5. The minimum atomic E-state index is -0.419. The highest BCUT2D eigenvalue weighted by molar-refractivity contribution is 5.94. The van der Waals surface area contributed by atoms with Crippen molar-refractivity contribution < 1.29 is 18.4 Å². The Labute approximate surface area is 163 Å². The standard InChI is InChI=1S/C22H24F2N2O2/c1-15(17-3-6-19(23)7-4-17)13-22(28)26-11-9-25(10-12-26)21-8-5-18(16(2)27)14-20(21)24/h3-8,14-15H,9-13H2,1-2H3. The number of nitrogens with zero attached hydrogens (tertiary/aromatic N) is 2. The van der Waals surface area contributed by atoms with E-state index in [-0.39, 0.29) is 23.4 Å². The molecule has 3 rings (SSSR count). The monoisotopic (exact) mass is 386 g/mol. The zero-order valence-corrected chi connectivity index (χ0v) is 16.1. The Kier molecular flexibility index (Phi) is 6.07. The van der Waals surface area contributed by atoms with E-state index in [1.165, 1.54) is 25.1 Å². The molecule has 0 spiro atoms. The van der Waals surface area contributed by atoms with Gasteiger partial charge in [0.25, 0.3) is 0 Å². The van der Waals surface area contributed by atoms with Gasteiger partial charge in [0.1, 0.15) is 11.6 Å². The van der Waals surface area contributed by atoms with Crippen LogP contribution in [0.15, 0.2) is 42.5 Å². The van der Waals surface area contributed by atoms with Crippen LogP contribution in [-0.2, 0) is 4.79 Å². The number of hydrogen-bond acceptors (Lipinski definition) is 3. The van der Waals surface area contributed by atoms with E-state index in [0.717, 1.165) is 5.56 Å². The van der Waals surface area contributed by atoms with Crippen LogP contribution in [0.2, 0.25) is 0 Å². The number of ketones is 1. The number of carbonyl (C=O) groups excluding carboxylic acids is 2. The van der Waals surface area contributed by atoms with Gasteiger partial charge in [-0.25, -0.2) is 8.78 Å². The van der Waals surface area contributed by atoms with Crippen LogP contribution in [0.4, 0.5) is 14.5 Å². The molecule has 148 valence electrons. The molecule has 2 aromatic carbocycles. The van der Waals surface area contributed by atoms with Crippen molar-refractivity contribution in [1.82, 2.24) is 4.90 Å². The van der Waals surface area contributed by atoms with Crippen molar-refractivity contribution in [3.8, 4) is 0 Å². The number of Topliss-reactive ketones (excluding diaryl/α,β-unsaturated/α-hetero) is 1. The van der Waals surface area contributed by atoms with E-state index in [9.17, 15) is 18.4 Å². The van der Waals surface area contributed by atoms with Crippen LogP contribution < -0.4 is 4.90 Å². The molecule has 1 saturated heterocycles. The van der Waals surface area contributed by atoms with Crippen molar-refractivity contribution in [3.63, 3.8) is 0 Å². The first-order valence-electron chi connectivity index (χ1n) is 9.44. The number of halogens is 2. The van der Waals surface area contributed by atoms with Crippen LogP contribution in [0.1, 0.15) is 42.1 Å². The van der Waals surface area contributed by atoms with E-state index in [2.05, 4.69) is 0 Å². The summed E-state index contributed by atoms with van der Waals surface area (Å²) in [5.41, 5.74) is 1.74. The number of benzene rings is 2. The van der Waals surface area contributed by atoms with Gasteiger partial charge in [-0.3, -0.25) is 9.59 Å². The molecule has 1 atom stereocenters. The third-order valence-electron chi connectivity index (χ3n) is 5.25. The second kappa shape index (κ2) is 8.50. The first-order chi connectivity index (χ1) is 13.3. The van der Waals surface area contributed by atoms with E-state index < -0.39 is 5.82 Å². The molecule has 0 bridgehead atoms. The lowest BCUT2D eigenvalue weighted by Crippen LogP contribution is -2.49. The molecule has 1 unspecified atom stereocenters. The van der Waals surface area contributed by atoms with Gasteiger partial charge in [-0.2, -0.15) is 0 Å². The molecule has 1 aliphatic rings. The van der Waals surface area contributed by atoms with Gasteiger partial charge in [0.15, 0.2) is 5.78 Å². The first-order valence-corrected chi connectivity index (χ1v) is 9.44. The zero-order valence-electron chi connectivity index (χ0n) is 16.1. The number of carbonyl (C=O) groups is 2. The molecule has 6 heteroatoms. The molecule has 0 radical (unpaired) electrons. The molecule has 1 heterocycles. The molecule has 28 heavy (non-hydrogen) atoms. The van der Waals surface area contributed by atoms with Crippen LogP contribution >= 0.6 is 0 Å². The fourth-order valence-corrected chi connectivity index (χ4v) is 3.48. The number of amides is 1. The Hall–Kier alpha value is -2.76. The Bertz CT molecular complexity index is 859. The van der Waals surface area contributed by atoms with Crippen molar-refractivity contribution in [3.05, 3.63) is 65.2 Å². The second-order valence-electron chi connectivity index (χ2n) is 7.25. The predicted octanol–water partition coefficient (Wildman–Crippen LogP) is 4.01. The molecule has 2 aromatic rings. The topological polar surface area (TPSA) is 40.6 Å². The summed E-state index contributed by atoms with van der Waals surface area (Å²) in [7, 11) is 0. The van der Waals surface area contributed by atoms with Crippen LogP contribution in [0.25, 0.3) is 0 Å². The smallest absolute Gasteiger partial charge is 0.223 e. The quantitative estimate of drug-likeness (QED) is 0.729. The fraction of sp³-hybridized carbons (Fsp3) is 0.364. The van der Waals surface area contributed by atoms with Gasteiger partial charge in [-0.1, -0.05) is 19.1 Å². The summed E-state index contributed by atoms with van der Waals surface area (Å²) in [5, 5.41) is 0. The van der Waals surface area contributed by atoms with E-state index in [1.54, 1.807) is 29.2 Å². The maximum absolute atomic E-state index is 14.3. The molecular weight excluding hydrogens is 362 g/mol. The average molecular weight is 386 g/mol. The van der Waals surface area contributed by atoms with Gasteiger partial charge in [0, 0.05) is 38.2 Å². The van der Waals surface area contributed by atoms with E-state index >= 15 is 0 Å². The Morgan fingerprint density at radius 1 is 1.00 bits per heavy atom. The number of hydrogen-bond donors (Lipinski definition) is 0. The summed E-state index contributed by atoms with van der Waals surface area (Å²) in [6.07, 6.45) is 0.354. The average Bonchev–Trinajstić information content (AvgIpc) is 2.68. The summed E-state index contributed by atoms with van der Waals surface area (Å²) in [4.78, 5) is 27.7. The molecule has 1 aliphatic heterocycles. The number of anilines is 1. The lowest BCUT2D eigenvalue weighted by atomic mass is 9.97. The second-order valence-corrected chi connectivity index (χ2v) is 7.25. The first kappa shape index (κ1) is 20.0. The molecule has 0 saturated carbocycles. The molecule has 0 N–H and O–H groups in total. The van der Waals surface area contributed by atoms with Gasteiger partial charge in [-0.05, 0) is 48.7 Å². The molecular formula is C22H24F2N2O2. The lowest BCUT2D eigenvalue weighted by molar-refractivity contribution is -0.131. The molecule has 0 aliphatic carbocycles. The van der Waals surface area contributed by atoms with E-state index in [4.69, 9.17) is 0 Å². The molecule has 1 fully saturated rings. The summed E-state index contributed by atoms with van der Waals surface area (Å²) < 4.78 is 27.4. The molecule has 0 aromatic heterocycles. The third-order valence-corrected chi connectivity index (χ3v) is 5.25. The number of piperazine rings is 1. The summed E-state index contributed by atoms with van der Waals surface area (Å²) in [6, 6.07) is 10.7. The molecule has 1 amide bonds. The zero-order chi connectivity index (χ0) is 20.3. The summed E-state index contributed by atoms with van der Waals surface area (Å²) in [5.74, 6) is -0.831. The summed E-state index contributed by atoms with van der Waals surface area (Å²) in [6.45, 7) is 5.46. The Balaban J connectivity index is 1.56. The van der Waals surface area contributed by atoms with E-state index in [0.29, 0.717) is 43.9 Å². The van der Waals surface area contributed by atoms with Gasteiger partial charge in [-0.15, -0.1) is 0 Å². The highest BCUT2D eigenvalue weighted by Gasteiger charge is 2.24. The van der Waals surface area contributed by atoms with Crippen molar-refractivity contribution in [2.75, 3.05) is 31.1 Å². The van der Waals surface area contributed by atoms with Gasteiger partial charge < -0.3 is 9.80 Å². The highest BCUT2D eigenvalue weighted by Crippen LogP contribution is 2.24. The highest BCUT2D eigenvalue weighted by atomic mass is 19.1. The van der Waals surface area contributed by atoms with Crippen molar-refractivity contribution in [1.29, 1.82) is 0 Å². The van der Waals surface area contributed by atoms with Gasteiger partial charge >= 0.3 is 0 Å². The minimum absolute atomic E-state index is 0.00250. The van der Waals surface area contributed by atoms with Crippen LogP contribution in [0, 0.1) is 11.6 Å². The summed E-state index contributed by atoms with van der Waals surface area (Å²) >= 11 is 0. The Morgan fingerprint density at radius 2 is 1.64 bits per heavy atom. The normalized spacial score (nSPS) is 15.4. The van der Waals surface area contributed by atoms with E-state index in [1.807, 2.05) is 11.8 Å². The van der Waals surface area contributed by atoms with Crippen LogP contribution in [0.5, 0.6) is 0 Å². The van der Waals surface area contributed by atoms with Crippen LogP contribution in [0.3, 0.4) is 0 Å². The predicted molar refractivity (Wildman–Crippen MR) is 105 cm³/mol. The van der Waals surface area contributed by atoms with Crippen molar-refractivity contribution >= 4 is 17.4 Å². The largest absolute Gasteiger partial charge is 0.366 e. The van der Waals surface area contributed by atoms with Crippen molar-refractivity contribution in [2.45, 2.75) is 26.2 Å². The maximum atomic E-state index is 14.3. The minimum Gasteiger partial charge on any atom is -0.366 e. The maximum Gasteiger partial charge on any atom is 0.223 e. The van der Waals surface area contributed by atoms with Crippen LogP contribution in [-0.4, -0.2) is 42.8 Å². The third kappa shape index (κ3) is 4.55. The molecule has 4 nitrogen and oxygen atoms in total. The van der Waals surface area contributed by atoms with Crippen molar-refractivity contribution in [2.24, 2.45) is 0 Å². The fourth-order valence-electron chi connectivity index (χ4n) is 3.48.